The predicted octanol–water partition coefficient (Wildman–Crippen LogP) is 1.45. The van der Waals surface area contributed by atoms with E-state index >= 15 is 0 Å². The Morgan fingerprint density at radius 1 is 1.50 bits per heavy atom. The number of hydrogen-bond donors (Lipinski definition) is 2. The zero-order valence-electron chi connectivity index (χ0n) is 9.23. The normalized spacial score (nSPS) is 22.5. The number of halogens is 1. The van der Waals surface area contributed by atoms with Gasteiger partial charge >= 0.3 is 0 Å². The summed E-state index contributed by atoms with van der Waals surface area (Å²) in [7, 11) is 0. The average Bonchev–Trinajstić information content (AvgIpc) is 2.63. The number of aliphatic hydroxyl groups excluding tert-OH is 2. The molecule has 1 saturated heterocycles. The van der Waals surface area contributed by atoms with Crippen LogP contribution in [0, 0.1) is 5.82 Å². The van der Waals surface area contributed by atoms with Gasteiger partial charge in [0.15, 0.2) is 0 Å². The van der Waals surface area contributed by atoms with E-state index in [-0.39, 0.29) is 6.10 Å². The van der Waals surface area contributed by atoms with E-state index in [4.69, 9.17) is 0 Å². The van der Waals surface area contributed by atoms with E-state index in [9.17, 15) is 14.6 Å². The van der Waals surface area contributed by atoms with Crippen molar-refractivity contribution in [3.63, 3.8) is 0 Å². The van der Waals surface area contributed by atoms with Crippen LogP contribution in [0.15, 0.2) is 18.2 Å². The molecule has 0 bridgehead atoms. The summed E-state index contributed by atoms with van der Waals surface area (Å²) in [6.07, 6.45) is -0.505. The summed E-state index contributed by atoms with van der Waals surface area (Å²) >= 11 is 0. The van der Waals surface area contributed by atoms with Crippen molar-refractivity contribution in [2.75, 3.05) is 18.0 Å². The van der Waals surface area contributed by atoms with Crippen LogP contribution in [-0.2, 0) is 0 Å². The molecule has 2 rings (SSSR count). The highest BCUT2D eigenvalue weighted by Gasteiger charge is 2.24. The standard InChI is InChI=1S/C12H16FNO2/c1-8(15)12-10(13)3-2-4-11(12)14-6-5-9(16)7-14/h2-4,8-9,15-16H,5-7H2,1H3. The Kier molecular flexibility index (Phi) is 3.12. The number of benzene rings is 1. The van der Waals surface area contributed by atoms with Crippen LogP contribution in [0.25, 0.3) is 0 Å². The first-order valence-electron chi connectivity index (χ1n) is 5.49. The Balaban J connectivity index is 2.36. The second kappa shape index (κ2) is 4.39. The number of nitrogens with zero attached hydrogens (tertiary/aromatic N) is 1. The van der Waals surface area contributed by atoms with Crippen molar-refractivity contribution in [1.29, 1.82) is 0 Å². The molecule has 4 heteroatoms. The molecule has 1 fully saturated rings. The van der Waals surface area contributed by atoms with Gasteiger partial charge < -0.3 is 15.1 Å². The highest BCUT2D eigenvalue weighted by Crippen LogP contribution is 2.31. The van der Waals surface area contributed by atoms with Gasteiger partial charge in [-0.05, 0) is 25.5 Å². The monoisotopic (exact) mass is 225 g/mol. The van der Waals surface area contributed by atoms with Gasteiger partial charge in [-0.3, -0.25) is 0 Å². The van der Waals surface area contributed by atoms with Crippen molar-refractivity contribution < 1.29 is 14.6 Å². The molecule has 0 aromatic heterocycles. The highest BCUT2D eigenvalue weighted by molar-refractivity contribution is 5.56. The average molecular weight is 225 g/mol. The number of rotatable bonds is 2. The predicted molar refractivity (Wildman–Crippen MR) is 59.9 cm³/mol. The minimum atomic E-state index is -0.839. The SMILES string of the molecule is CC(O)c1c(F)cccc1N1CCC(O)C1. The van der Waals surface area contributed by atoms with Crippen molar-refractivity contribution in [3.8, 4) is 0 Å². The largest absolute Gasteiger partial charge is 0.391 e. The van der Waals surface area contributed by atoms with Gasteiger partial charge in [0.05, 0.1) is 12.2 Å². The van der Waals surface area contributed by atoms with Crippen LogP contribution in [0.2, 0.25) is 0 Å². The van der Waals surface area contributed by atoms with E-state index in [1.807, 2.05) is 4.90 Å². The molecule has 88 valence electrons. The maximum absolute atomic E-state index is 13.6. The van der Waals surface area contributed by atoms with Gasteiger partial charge in [-0.15, -0.1) is 0 Å². The molecule has 1 aliphatic heterocycles. The second-order valence-electron chi connectivity index (χ2n) is 4.24. The van der Waals surface area contributed by atoms with E-state index in [2.05, 4.69) is 0 Å². The van der Waals surface area contributed by atoms with E-state index in [1.165, 1.54) is 6.07 Å². The lowest BCUT2D eigenvalue weighted by atomic mass is 10.1. The van der Waals surface area contributed by atoms with Crippen LogP contribution in [-0.4, -0.2) is 29.4 Å². The first-order valence-corrected chi connectivity index (χ1v) is 5.49. The third-order valence-corrected chi connectivity index (χ3v) is 2.95. The van der Waals surface area contributed by atoms with Gasteiger partial charge in [0.25, 0.3) is 0 Å². The van der Waals surface area contributed by atoms with Gasteiger partial charge in [-0.1, -0.05) is 6.07 Å². The number of hydrogen-bond acceptors (Lipinski definition) is 3. The summed E-state index contributed by atoms with van der Waals surface area (Å²) in [6.45, 7) is 2.75. The Morgan fingerprint density at radius 2 is 2.25 bits per heavy atom. The summed E-state index contributed by atoms with van der Waals surface area (Å²) in [5, 5.41) is 19.0. The van der Waals surface area contributed by atoms with E-state index in [0.29, 0.717) is 30.8 Å². The van der Waals surface area contributed by atoms with E-state index in [1.54, 1.807) is 19.1 Å². The highest BCUT2D eigenvalue weighted by atomic mass is 19.1. The first-order chi connectivity index (χ1) is 7.59. The molecule has 0 saturated carbocycles. The lowest BCUT2D eigenvalue weighted by Gasteiger charge is -2.23. The van der Waals surface area contributed by atoms with Crippen molar-refractivity contribution in [1.82, 2.24) is 0 Å². The Morgan fingerprint density at radius 3 is 2.81 bits per heavy atom. The fourth-order valence-corrected chi connectivity index (χ4v) is 2.18. The number of aliphatic hydroxyl groups is 2. The van der Waals surface area contributed by atoms with Crippen LogP contribution in [0.3, 0.4) is 0 Å². The second-order valence-corrected chi connectivity index (χ2v) is 4.24. The molecule has 1 aromatic carbocycles. The van der Waals surface area contributed by atoms with Gasteiger partial charge in [0, 0.05) is 24.3 Å². The van der Waals surface area contributed by atoms with Crippen LogP contribution < -0.4 is 4.90 Å². The topological polar surface area (TPSA) is 43.7 Å². The first kappa shape index (κ1) is 11.4. The van der Waals surface area contributed by atoms with Gasteiger partial charge in [0.1, 0.15) is 5.82 Å². The summed E-state index contributed by atoms with van der Waals surface area (Å²) in [6, 6.07) is 4.75. The van der Waals surface area contributed by atoms with Crippen molar-refractivity contribution in [3.05, 3.63) is 29.6 Å². The van der Waals surface area contributed by atoms with E-state index in [0.717, 1.165) is 0 Å². The fourth-order valence-electron chi connectivity index (χ4n) is 2.18. The zero-order valence-corrected chi connectivity index (χ0v) is 9.23. The summed E-state index contributed by atoms with van der Waals surface area (Å²) < 4.78 is 13.6. The van der Waals surface area contributed by atoms with E-state index < -0.39 is 11.9 Å². The molecule has 0 amide bonds. The Hall–Kier alpha value is -1.13. The molecular formula is C12H16FNO2. The third-order valence-electron chi connectivity index (χ3n) is 2.95. The third kappa shape index (κ3) is 2.03. The summed E-state index contributed by atoms with van der Waals surface area (Å²) in [5.41, 5.74) is 1.00. The summed E-state index contributed by atoms with van der Waals surface area (Å²) in [5.74, 6) is -0.395. The molecule has 3 nitrogen and oxygen atoms in total. The zero-order chi connectivity index (χ0) is 11.7. The van der Waals surface area contributed by atoms with Gasteiger partial charge in [-0.2, -0.15) is 0 Å². The van der Waals surface area contributed by atoms with Crippen molar-refractivity contribution in [2.24, 2.45) is 0 Å². The smallest absolute Gasteiger partial charge is 0.131 e. The number of anilines is 1. The van der Waals surface area contributed by atoms with Crippen LogP contribution in [0.5, 0.6) is 0 Å². The minimum absolute atomic E-state index is 0.316. The fraction of sp³-hybridized carbons (Fsp3) is 0.500. The molecule has 2 unspecified atom stereocenters. The Bertz CT molecular complexity index is 381. The minimum Gasteiger partial charge on any atom is -0.391 e. The van der Waals surface area contributed by atoms with Gasteiger partial charge in [0.2, 0.25) is 0 Å². The van der Waals surface area contributed by atoms with Crippen LogP contribution in [0.1, 0.15) is 25.0 Å². The lowest BCUT2D eigenvalue weighted by Crippen LogP contribution is -2.23. The lowest BCUT2D eigenvalue weighted by molar-refractivity contribution is 0.193. The Labute approximate surface area is 94.1 Å². The van der Waals surface area contributed by atoms with Crippen molar-refractivity contribution in [2.45, 2.75) is 25.6 Å². The van der Waals surface area contributed by atoms with Crippen LogP contribution in [0.4, 0.5) is 10.1 Å². The maximum Gasteiger partial charge on any atom is 0.131 e. The molecule has 0 aliphatic carbocycles. The number of β-amino-alcohol motifs (C(OH)–C–C–N with tert-alkyl or cyclic N) is 1. The molecule has 1 heterocycles. The molecule has 0 spiro atoms. The quantitative estimate of drug-likeness (QED) is 0.800. The van der Waals surface area contributed by atoms with Crippen LogP contribution >= 0.6 is 0 Å². The molecule has 0 radical (unpaired) electrons. The van der Waals surface area contributed by atoms with Gasteiger partial charge in [-0.25, -0.2) is 4.39 Å². The molecular weight excluding hydrogens is 209 g/mol. The summed E-state index contributed by atoms with van der Waals surface area (Å²) in [4.78, 5) is 1.91. The molecule has 1 aromatic rings. The molecule has 16 heavy (non-hydrogen) atoms. The van der Waals surface area contributed by atoms with Crippen molar-refractivity contribution >= 4 is 5.69 Å². The maximum atomic E-state index is 13.6. The molecule has 2 N–H and O–H groups in total. The molecule has 1 aliphatic rings. The molecule has 2 atom stereocenters.